The van der Waals surface area contributed by atoms with Crippen LogP contribution in [0.2, 0.25) is 0 Å². The molecule has 1 aromatic rings. The first-order valence-corrected chi connectivity index (χ1v) is 4.97. The van der Waals surface area contributed by atoms with Crippen LogP contribution in [0.15, 0.2) is 24.3 Å². The molecule has 1 rings (SSSR count). The third kappa shape index (κ3) is 3.37. The fourth-order valence-corrected chi connectivity index (χ4v) is 1.14. The Kier molecular flexibility index (Phi) is 3.92. The summed E-state index contributed by atoms with van der Waals surface area (Å²) in [5.41, 5.74) is 0.000396. The number of carbonyl (C=O) groups excluding carboxylic acids is 2. The van der Waals surface area contributed by atoms with Crippen LogP contribution in [0.4, 0.5) is 5.69 Å². The molecule has 0 aliphatic rings. The van der Waals surface area contributed by atoms with Crippen molar-refractivity contribution in [2.75, 3.05) is 0 Å². The van der Waals surface area contributed by atoms with Gasteiger partial charge in [-0.3, -0.25) is 19.7 Å². The summed E-state index contributed by atoms with van der Waals surface area (Å²) in [5, 5.41) is 13.0. The third-order valence-corrected chi connectivity index (χ3v) is 2.28. The van der Waals surface area contributed by atoms with Crippen LogP contribution >= 0.6 is 0 Å². The minimum absolute atomic E-state index is 0.159. The van der Waals surface area contributed by atoms with Crippen LogP contribution in [0, 0.1) is 10.1 Å². The van der Waals surface area contributed by atoms with Gasteiger partial charge < -0.3 is 5.32 Å². The first-order chi connectivity index (χ1) is 7.91. The van der Waals surface area contributed by atoms with Crippen molar-refractivity contribution in [3.05, 3.63) is 39.9 Å². The molecule has 0 radical (unpaired) electrons. The van der Waals surface area contributed by atoms with Crippen molar-refractivity contribution >= 4 is 17.4 Å². The van der Waals surface area contributed by atoms with E-state index in [9.17, 15) is 19.7 Å². The van der Waals surface area contributed by atoms with Crippen molar-refractivity contribution in [1.82, 2.24) is 5.32 Å². The molecular weight excluding hydrogens is 224 g/mol. The fourth-order valence-electron chi connectivity index (χ4n) is 1.14. The molecule has 1 N–H and O–H groups in total. The summed E-state index contributed by atoms with van der Waals surface area (Å²) in [6.07, 6.45) is 0. The lowest BCUT2D eigenvalue weighted by molar-refractivity contribution is -0.384. The van der Waals surface area contributed by atoms with Crippen LogP contribution in [0.3, 0.4) is 0 Å². The summed E-state index contributed by atoms with van der Waals surface area (Å²) in [6.45, 7) is 2.91. The zero-order valence-corrected chi connectivity index (χ0v) is 9.47. The van der Waals surface area contributed by atoms with Crippen molar-refractivity contribution in [3.8, 4) is 0 Å². The van der Waals surface area contributed by atoms with Crippen LogP contribution in [-0.4, -0.2) is 22.7 Å². The van der Waals surface area contributed by atoms with Crippen molar-refractivity contribution < 1.29 is 14.5 Å². The predicted octanol–water partition coefficient (Wildman–Crippen LogP) is 1.30. The van der Waals surface area contributed by atoms with E-state index in [2.05, 4.69) is 5.32 Å². The number of nitrogens with one attached hydrogen (secondary N) is 1. The minimum atomic E-state index is -0.609. The molecule has 0 saturated heterocycles. The Morgan fingerprint density at radius 2 is 2.06 bits per heavy atom. The Bertz CT molecular complexity index is 470. The molecule has 1 unspecified atom stereocenters. The number of hydrogen-bond acceptors (Lipinski definition) is 4. The second-order valence-electron chi connectivity index (χ2n) is 3.61. The number of nitro benzene ring substituents is 1. The Balaban J connectivity index is 2.86. The molecule has 17 heavy (non-hydrogen) atoms. The number of rotatable bonds is 4. The number of non-ortho nitro benzene ring substituents is 1. The quantitative estimate of drug-likeness (QED) is 0.630. The summed E-state index contributed by atoms with van der Waals surface area (Å²) in [7, 11) is 0. The third-order valence-electron chi connectivity index (χ3n) is 2.28. The standard InChI is InChI=1S/C11H12N2O4/c1-7(8(2)14)12-11(15)9-4-3-5-10(6-9)13(16)17/h3-7H,1-2H3,(H,12,15). The summed E-state index contributed by atoms with van der Waals surface area (Å²) in [4.78, 5) is 32.6. The van der Waals surface area contributed by atoms with Gasteiger partial charge in [-0.1, -0.05) is 6.07 Å². The summed E-state index contributed by atoms with van der Waals surface area (Å²) < 4.78 is 0. The molecule has 0 bridgehead atoms. The van der Waals surface area contributed by atoms with Crippen LogP contribution in [-0.2, 0) is 4.79 Å². The maximum Gasteiger partial charge on any atom is 0.270 e. The van der Waals surface area contributed by atoms with Gasteiger partial charge in [0.25, 0.3) is 11.6 Å². The molecular formula is C11H12N2O4. The van der Waals surface area contributed by atoms with Gasteiger partial charge in [0, 0.05) is 17.7 Å². The Morgan fingerprint density at radius 1 is 1.41 bits per heavy atom. The predicted molar refractivity (Wildman–Crippen MR) is 60.7 cm³/mol. The van der Waals surface area contributed by atoms with Gasteiger partial charge in [-0.05, 0) is 19.9 Å². The molecule has 90 valence electrons. The lowest BCUT2D eigenvalue weighted by Gasteiger charge is -2.10. The maximum atomic E-state index is 11.6. The van der Waals surface area contributed by atoms with Crippen molar-refractivity contribution in [2.45, 2.75) is 19.9 Å². The van der Waals surface area contributed by atoms with Crippen molar-refractivity contribution in [3.63, 3.8) is 0 Å². The smallest absolute Gasteiger partial charge is 0.270 e. The number of nitrogens with zero attached hydrogens (tertiary/aromatic N) is 1. The van der Waals surface area contributed by atoms with Crippen LogP contribution in [0.25, 0.3) is 0 Å². The van der Waals surface area contributed by atoms with E-state index in [-0.39, 0.29) is 17.0 Å². The number of nitro groups is 1. The van der Waals surface area contributed by atoms with Crippen molar-refractivity contribution in [2.24, 2.45) is 0 Å². The van der Waals surface area contributed by atoms with Gasteiger partial charge >= 0.3 is 0 Å². The fraction of sp³-hybridized carbons (Fsp3) is 0.273. The van der Waals surface area contributed by atoms with Crippen LogP contribution in [0.1, 0.15) is 24.2 Å². The summed E-state index contributed by atoms with van der Waals surface area (Å²) in [6, 6.07) is 4.73. The average molecular weight is 236 g/mol. The normalized spacial score (nSPS) is 11.6. The monoisotopic (exact) mass is 236 g/mol. The Labute approximate surface area is 97.8 Å². The molecule has 0 aromatic heterocycles. The minimum Gasteiger partial charge on any atom is -0.343 e. The van der Waals surface area contributed by atoms with E-state index in [0.717, 1.165) is 0 Å². The Hall–Kier alpha value is -2.24. The lowest BCUT2D eigenvalue weighted by atomic mass is 10.1. The van der Waals surface area contributed by atoms with Gasteiger partial charge in [-0.25, -0.2) is 0 Å². The summed E-state index contributed by atoms with van der Waals surface area (Å²) in [5.74, 6) is -0.680. The highest BCUT2D eigenvalue weighted by Crippen LogP contribution is 2.12. The molecule has 0 spiro atoms. The zero-order chi connectivity index (χ0) is 13.0. The second kappa shape index (κ2) is 5.20. The van der Waals surface area contributed by atoms with E-state index in [0.29, 0.717) is 0 Å². The van der Waals surface area contributed by atoms with Gasteiger partial charge in [0.15, 0.2) is 5.78 Å². The number of Topliss-reactive ketones (excluding diaryl/α,β-unsaturated/α-hetero) is 1. The largest absolute Gasteiger partial charge is 0.343 e. The van der Waals surface area contributed by atoms with Crippen LogP contribution in [0.5, 0.6) is 0 Å². The molecule has 0 heterocycles. The number of hydrogen-bond donors (Lipinski definition) is 1. The van der Waals surface area contributed by atoms with Crippen molar-refractivity contribution in [1.29, 1.82) is 0 Å². The maximum absolute atomic E-state index is 11.6. The summed E-state index contributed by atoms with van der Waals surface area (Å²) >= 11 is 0. The molecule has 0 aliphatic carbocycles. The number of carbonyl (C=O) groups is 2. The molecule has 1 aromatic carbocycles. The van der Waals surface area contributed by atoms with Gasteiger partial charge in [0.05, 0.1) is 11.0 Å². The average Bonchev–Trinajstić information content (AvgIpc) is 2.28. The van der Waals surface area contributed by atoms with E-state index >= 15 is 0 Å². The molecule has 0 saturated carbocycles. The first kappa shape index (κ1) is 12.8. The number of amides is 1. The Morgan fingerprint density at radius 3 is 2.59 bits per heavy atom. The highest BCUT2D eigenvalue weighted by atomic mass is 16.6. The highest BCUT2D eigenvalue weighted by Gasteiger charge is 2.15. The van der Waals surface area contributed by atoms with Gasteiger partial charge in [0.1, 0.15) is 0 Å². The SMILES string of the molecule is CC(=O)C(C)NC(=O)c1cccc([N+](=O)[O-])c1. The number of ketones is 1. The van der Waals surface area contributed by atoms with E-state index in [4.69, 9.17) is 0 Å². The lowest BCUT2D eigenvalue weighted by Crippen LogP contribution is -2.37. The molecule has 0 aliphatic heterocycles. The van der Waals surface area contributed by atoms with E-state index in [1.807, 2.05) is 0 Å². The van der Waals surface area contributed by atoms with E-state index < -0.39 is 16.9 Å². The van der Waals surface area contributed by atoms with E-state index in [1.54, 1.807) is 6.92 Å². The molecule has 6 heteroatoms. The van der Waals surface area contributed by atoms with Gasteiger partial charge in [0.2, 0.25) is 0 Å². The van der Waals surface area contributed by atoms with E-state index in [1.165, 1.54) is 31.2 Å². The number of benzene rings is 1. The van der Waals surface area contributed by atoms with Gasteiger partial charge in [-0.15, -0.1) is 0 Å². The van der Waals surface area contributed by atoms with Crippen LogP contribution < -0.4 is 5.32 Å². The zero-order valence-electron chi connectivity index (χ0n) is 9.47. The molecule has 0 fully saturated rings. The topological polar surface area (TPSA) is 89.3 Å². The molecule has 1 amide bonds. The molecule has 1 atom stereocenters. The second-order valence-corrected chi connectivity index (χ2v) is 3.61. The van der Waals surface area contributed by atoms with Gasteiger partial charge in [-0.2, -0.15) is 0 Å². The first-order valence-electron chi connectivity index (χ1n) is 4.97. The molecule has 6 nitrogen and oxygen atoms in total. The highest BCUT2D eigenvalue weighted by molar-refractivity contribution is 5.97.